The molecule has 2 rings (SSSR count). The molecule has 0 aromatic carbocycles. The van der Waals surface area contributed by atoms with Crippen molar-refractivity contribution in [2.24, 2.45) is 5.92 Å². The quantitative estimate of drug-likeness (QED) is 0.685. The molecule has 0 spiro atoms. The zero-order chi connectivity index (χ0) is 13.7. The van der Waals surface area contributed by atoms with E-state index in [9.17, 15) is 8.42 Å². The molecule has 1 aliphatic carbocycles. The molecule has 6 nitrogen and oxygen atoms in total. The first-order valence-electron chi connectivity index (χ1n) is 6.78. The summed E-state index contributed by atoms with van der Waals surface area (Å²) in [4.78, 5) is 0.260. The van der Waals surface area contributed by atoms with E-state index in [4.69, 9.17) is 0 Å². The molecule has 1 heterocycles. The highest BCUT2D eigenvalue weighted by molar-refractivity contribution is 7.89. The van der Waals surface area contributed by atoms with E-state index in [1.165, 1.54) is 12.6 Å². The Bertz CT molecular complexity index is 494. The first-order chi connectivity index (χ1) is 9.12. The molecule has 0 saturated heterocycles. The van der Waals surface area contributed by atoms with E-state index in [1.54, 1.807) is 10.9 Å². The van der Waals surface area contributed by atoms with Crippen LogP contribution in [0.15, 0.2) is 17.3 Å². The molecule has 1 aliphatic rings. The Morgan fingerprint density at radius 2 is 2.26 bits per heavy atom. The average molecular weight is 286 g/mol. The maximum atomic E-state index is 12.0. The Morgan fingerprint density at radius 3 is 2.89 bits per heavy atom. The smallest absolute Gasteiger partial charge is 0.243 e. The molecule has 0 bridgehead atoms. The first-order valence-corrected chi connectivity index (χ1v) is 8.27. The van der Waals surface area contributed by atoms with Gasteiger partial charge in [0.25, 0.3) is 0 Å². The fraction of sp³-hybridized carbons (Fsp3) is 0.750. The molecular weight excluding hydrogens is 264 g/mol. The van der Waals surface area contributed by atoms with Gasteiger partial charge in [0, 0.05) is 19.3 Å². The Kier molecular flexibility index (Phi) is 4.95. The van der Waals surface area contributed by atoms with E-state index in [0.29, 0.717) is 12.5 Å². The van der Waals surface area contributed by atoms with Crippen LogP contribution < -0.4 is 10.0 Å². The van der Waals surface area contributed by atoms with Crippen LogP contribution in [-0.2, 0) is 16.6 Å². The minimum atomic E-state index is -3.39. The molecule has 1 aromatic rings. The summed E-state index contributed by atoms with van der Waals surface area (Å²) in [6.45, 7) is 2.16. The monoisotopic (exact) mass is 286 g/mol. The summed E-state index contributed by atoms with van der Waals surface area (Å²) in [5, 5.41) is 7.13. The Balaban J connectivity index is 1.88. The number of rotatable bonds is 8. The molecule has 0 amide bonds. The lowest BCUT2D eigenvalue weighted by molar-refractivity contribution is 0.316. The van der Waals surface area contributed by atoms with Crippen molar-refractivity contribution in [3.63, 3.8) is 0 Å². The molecule has 1 aromatic heterocycles. The molecule has 0 atom stereocenters. The predicted molar refractivity (Wildman–Crippen MR) is 73.3 cm³/mol. The largest absolute Gasteiger partial charge is 0.320 e. The molecule has 0 radical (unpaired) electrons. The topological polar surface area (TPSA) is 76.0 Å². The van der Waals surface area contributed by atoms with Crippen LogP contribution in [0.5, 0.6) is 0 Å². The molecule has 1 fully saturated rings. The third-order valence-electron chi connectivity index (χ3n) is 3.52. The van der Waals surface area contributed by atoms with Crippen LogP contribution in [0.1, 0.15) is 25.7 Å². The van der Waals surface area contributed by atoms with Crippen LogP contribution in [0, 0.1) is 5.92 Å². The lowest BCUT2D eigenvalue weighted by Gasteiger charge is -2.25. The average Bonchev–Trinajstić information content (AvgIpc) is 2.76. The van der Waals surface area contributed by atoms with E-state index in [2.05, 4.69) is 15.1 Å². The van der Waals surface area contributed by atoms with Crippen molar-refractivity contribution in [2.75, 3.05) is 20.1 Å². The Hall–Kier alpha value is -0.920. The van der Waals surface area contributed by atoms with Gasteiger partial charge in [-0.3, -0.25) is 4.68 Å². The maximum absolute atomic E-state index is 12.0. The van der Waals surface area contributed by atoms with E-state index >= 15 is 0 Å². The molecule has 1 saturated carbocycles. The number of aryl methyl sites for hydroxylation is 1. The highest BCUT2D eigenvalue weighted by atomic mass is 32.2. The summed E-state index contributed by atoms with van der Waals surface area (Å²) in [7, 11) is -1.50. The van der Waals surface area contributed by atoms with Gasteiger partial charge in [0.15, 0.2) is 0 Å². The molecule has 19 heavy (non-hydrogen) atoms. The van der Waals surface area contributed by atoms with E-state index in [0.717, 1.165) is 32.4 Å². The number of sulfonamides is 1. The van der Waals surface area contributed by atoms with Crippen molar-refractivity contribution < 1.29 is 8.42 Å². The van der Waals surface area contributed by atoms with Crippen molar-refractivity contribution in [2.45, 2.75) is 37.1 Å². The molecule has 0 aliphatic heterocycles. The van der Waals surface area contributed by atoms with Gasteiger partial charge in [-0.25, -0.2) is 13.1 Å². The summed E-state index contributed by atoms with van der Waals surface area (Å²) < 4.78 is 28.4. The van der Waals surface area contributed by atoms with Crippen LogP contribution in [0.25, 0.3) is 0 Å². The van der Waals surface area contributed by atoms with Gasteiger partial charge >= 0.3 is 0 Å². The van der Waals surface area contributed by atoms with Crippen molar-refractivity contribution in [3.8, 4) is 0 Å². The Morgan fingerprint density at radius 1 is 1.47 bits per heavy atom. The molecular formula is C12H22N4O2S. The number of aromatic nitrogens is 2. The van der Waals surface area contributed by atoms with Gasteiger partial charge in [-0.2, -0.15) is 5.10 Å². The fourth-order valence-electron chi connectivity index (χ4n) is 2.03. The van der Waals surface area contributed by atoms with Crippen LogP contribution in [0.4, 0.5) is 0 Å². The van der Waals surface area contributed by atoms with Crippen LogP contribution in [-0.4, -0.2) is 38.3 Å². The van der Waals surface area contributed by atoms with Gasteiger partial charge in [-0.1, -0.05) is 6.42 Å². The molecule has 2 N–H and O–H groups in total. The van der Waals surface area contributed by atoms with Gasteiger partial charge in [0.1, 0.15) is 4.90 Å². The second-order valence-electron chi connectivity index (χ2n) is 5.05. The van der Waals surface area contributed by atoms with Gasteiger partial charge in [0.2, 0.25) is 10.0 Å². The lowest BCUT2D eigenvalue weighted by atomic mass is 9.86. The number of hydrogen-bond acceptors (Lipinski definition) is 4. The summed E-state index contributed by atoms with van der Waals surface area (Å²) in [5.41, 5.74) is 0. The normalized spacial score (nSPS) is 16.5. The standard InChI is InChI=1S/C12H22N4O2S/c1-13-6-3-7-16-10-12(9-14-16)19(17,18)15-8-11-4-2-5-11/h9-11,13,15H,2-8H2,1H3. The summed E-state index contributed by atoms with van der Waals surface area (Å²) >= 11 is 0. The maximum Gasteiger partial charge on any atom is 0.243 e. The zero-order valence-electron chi connectivity index (χ0n) is 11.3. The van der Waals surface area contributed by atoms with Gasteiger partial charge < -0.3 is 5.32 Å². The molecule has 0 unspecified atom stereocenters. The first kappa shape index (κ1) is 14.5. The van der Waals surface area contributed by atoms with Crippen LogP contribution in [0.3, 0.4) is 0 Å². The van der Waals surface area contributed by atoms with Crippen molar-refractivity contribution in [1.82, 2.24) is 19.8 Å². The third-order valence-corrected chi connectivity index (χ3v) is 4.90. The Labute approximate surface area is 114 Å². The second-order valence-corrected chi connectivity index (χ2v) is 6.81. The van der Waals surface area contributed by atoms with E-state index in [-0.39, 0.29) is 4.90 Å². The number of nitrogens with zero attached hydrogens (tertiary/aromatic N) is 2. The predicted octanol–water partition coefficient (Wildman–Crippen LogP) is 0.571. The van der Waals surface area contributed by atoms with Gasteiger partial charge in [-0.15, -0.1) is 0 Å². The van der Waals surface area contributed by atoms with E-state index in [1.807, 2.05) is 7.05 Å². The van der Waals surface area contributed by atoms with Crippen LogP contribution in [0.2, 0.25) is 0 Å². The zero-order valence-corrected chi connectivity index (χ0v) is 12.1. The summed E-state index contributed by atoms with van der Waals surface area (Å²) in [5.74, 6) is 0.514. The van der Waals surface area contributed by atoms with Crippen LogP contribution >= 0.6 is 0 Å². The van der Waals surface area contributed by atoms with Crippen molar-refractivity contribution in [1.29, 1.82) is 0 Å². The van der Waals surface area contributed by atoms with Gasteiger partial charge in [0.05, 0.1) is 6.20 Å². The minimum Gasteiger partial charge on any atom is -0.320 e. The van der Waals surface area contributed by atoms with Crippen molar-refractivity contribution in [3.05, 3.63) is 12.4 Å². The second kappa shape index (κ2) is 6.49. The fourth-order valence-corrected chi connectivity index (χ4v) is 3.10. The molecule has 7 heteroatoms. The summed E-state index contributed by atoms with van der Waals surface area (Å²) in [6, 6.07) is 0. The highest BCUT2D eigenvalue weighted by Crippen LogP contribution is 2.25. The van der Waals surface area contributed by atoms with Gasteiger partial charge in [-0.05, 0) is 38.8 Å². The summed E-state index contributed by atoms with van der Waals surface area (Å²) in [6.07, 6.45) is 7.42. The lowest BCUT2D eigenvalue weighted by Crippen LogP contribution is -2.32. The molecule has 108 valence electrons. The number of nitrogens with one attached hydrogen (secondary N) is 2. The third kappa shape index (κ3) is 4.02. The highest BCUT2D eigenvalue weighted by Gasteiger charge is 2.22. The van der Waals surface area contributed by atoms with E-state index < -0.39 is 10.0 Å². The van der Waals surface area contributed by atoms with Crippen molar-refractivity contribution >= 4 is 10.0 Å². The minimum absolute atomic E-state index is 0.260. The number of hydrogen-bond donors (Lipinski definition) is 2. The SMILES string of the molecule is CNCCCn1cc(S(=O)(=O)NCC2CCC2)cn1.